The first-order valence-corrected chi connectivity index (χ1v) is 7.64. The van der Waals surface area contributed by atoms with Crippen molar-refractivity contribution in [2.24, 2.45) is 0 Å². The van der Waals surface area contributed by atoms with Crippen LogP contribution in [0.5, 0.6) is 5.88 Å². The van der Waals surface area contributed by atoms with Gasteiger partial charge in [-0.3, -0.25) is 4.79 Å². The van der Waals surface area contributed by atoms with Gasteiger partial charge < -0.3 is 24.2 Å². The van der Waals surface area contributed by atoms with Crippen LogP contribution in [0.3, 0.4) is 0 Å². The van der Waals surface area contributed by atoms with Crippen LogP contribution >= 0.6 is 0 Å². The molecule has 1 amide bonds. The second-order valence-electron chi connectivity index (χ2n) is 5.41. The largest absolute Gasteiger partial charge is 0.467 e. The van der Waals surface area contributed by atoms with Crippen LogP contribution in [0.25, 0.3) is 0 Å². The minimum absolute atomic E-state index is 0.176. The summed E-state index contributed by atoms with van der Waals surface area (Å²) in [5.74, 6) is 1.57. The number of ether oxygens (including phenoxy) is 2. The summed E-state index contributed by atoms with van der Waals surface area (Å²) >= 11 is 0. The number of anilines is 2. The first kappa shape index (κ1) is 16.2. The Kier molecular flexibility index (Phi) is 4.90. The molecule has 2 aromatic heterocycles. The summed E-state index contributed by atoms with van der Waals surface area (Å²) in [5, 5.41) is 6.28. The fourth-order valence-electron chi connectivity index (χ4n) is 2.25. The number of amides is 1. The maximum atomic E-state index is 11.9. The molecule has 0 atom stereocenters. The maximum absolute atomic E-state index is 11.9. The molecular formula is C15H19N5O4. The van der Waals surface area contributed by atoms with Crippen LogP contribution in [0.2, 0.25) is 0 Å². The Morgan fingerprint density at radius 3 is 2.79 bits per heavy atom. The zero-order valence-corrected chi connectivity index (χ0v) is 13.6. The van der Waals surface area contributed by atoms with Crippen LogP contribution in [0.4, 0.5) is 11.8 Å². The predicted octanol–water partition coefficient (Wildman–Crippen LogP) is 0.936. The number of aromatic nitrogens is 3. The topological polar surface area (TPSA) is 103 Å². The Labute approximate surface area is 139 Å². The summed E-state index contributed by atoms with van der Waals surface area (Å²) in [5.41, 5.74) is 0.772. The molecule has 0 unspecified atom stereocenters. The van der Waals surface area contributed by atoms with Gasteiger partial charge in [0.2, 0.25) is 11.8 Å². The van der Waals surface area contributed by atoms with Crippen LogP contribution in [-0.2, 0) is 9.53 Å². The second-order valence-corrected chi connectivity index (χ2v) is 5.41. The quantitative estimate of drug-likeness (QED) is 0.862. The standard InChI is InChI=1S/C15H19N5O4/c1-10-7-14(18-15(16-10)20-3-5-22-6-4-20)23-9-13(21)17-12-8-11(2)24-19-12/h7-8H,3-6,9H2,1-2H3,(H,17,19,21). The highest BCUT2D eigenvalue weighted by Gasteiger charge is 2.16. The molecule has 0 saturated carbocycles. The van der Waals surface area contributed by atoms with Crippen LogP contribution in [0, 0.1) is 13.8 Å². The molecule has 3 rings (SSSR count). The summed E-state index contributed by atoms with van der Waals surface area (Å²) in [6, 6.07) is 3.32. The van der Waals surface area contributed by atoms with E-state index in [0.29, 0.717) is 36.6 Å². The first-order valence-electron chi connectivity index (χ1n) is 7.64. The van der Waals surface area contributed by atoms with E-state index in [-0.39, 0.29) is 12.5 Å². The maximum Gasteiger partial charge on any atom is 0.263 e. The second kappa shape index (κ2) is 7.26. The molecule has 1 aliphatic rings. The monoisotopic (exact) mass is 333 g/mol. The van der Waals surface area contributed by atoms with Crippen molar-refractivity contribution < 1.29 is 18.8 Å². The van der Waals surface area contributed by atoms with E-state index in [1.165, 1.54) is 0 Å². The third kappa shape index (κ3) is 4.19. The highest BCUT2D eigenvalue weighted by molar-refractivity contribution is 5.90. The normalized spacial score (nSPS) is 14.5. The summed E-state index contributed by atoms with van der Waals surface area (Å²) in [4.78, 5) is 22.7. The molecule has 1 saturated heterocycles. The Balaban J connectivity index is 1.60. The molecule has 9 nitrogen and oxygen atoms in total. The summed E-state index contributed by atoms with van der Waals surface area (Å²) in [6.45, 7) is 6.18. The number of rotatable bonds is 5. The van der Waals surface area contributed by atoms with E-state index in [2.05, 4.69) is 20.4 Å². The van der Waals surface area contributed by atoms with Crippen molar-refractivity contribution >= 4 is 17.7 Å². The van der Waals surface area contributed by atoms with Gasteiger partial charge in [0.25, 0.3) is 5.91 Å². The first-order chi connectivity index (χ1) is 11.6. The molecule has 1 fully saturated rings. The van der Waals surface area contributed by atoms with Gasteiger partial charge in [0.1, 0.15) is 5.76 Å². The molecule has 9 heteroatoms. The smallest absolute Gasteiger partial charge is 0.263 e. The Morgan fingerprint density at radius 2 is 2.08 bits per heavy atom. The van der Waals surface area contributed by atoms with Crippen molar-refractivity contribution in [1.82, 2.24) is 15.1 Å². The summed E-state index contributed by atoms with van der Waals surface area (Å²) in [6.07, 6.45) is 0. The average Bonchev–Trinajstić information content (AvgIpc) is 2.98. The van der Waals surface area contributed by atoms with E-state index in [4.69, 9.17) is 14.0 Å². The minimum atomic E-state index is -0.340. The van der Waals surface area contributed by atoms with Crippen LogP contribution in [0.1, 0.15) is 11.5 Å². The SMILES string of the molecule is Cc1cc(OCC(=O)Nc2cc(C)on2)nc(N2CCOCC2)n1. The van der Waals surface area contributed by atoms with Gasteiger partial charge in [-0.05, 0) is 13.8 Å². The number of hydrogen-bond donors (Lipinski definition) is 1. The van der Waals surface area contributed by atoms with Crippen LogP contribution in [0.15, 0.2) is 16.7 Å². The summed E-state index contributed by atoms with van der Waals surface area (Å²) in [7, 11) is 0. The molecule has 3 heterocycles. The fraction of sp³-hybridized carbons (Fsp3) is 0.467. The Morgan fingerprint density at radius 1 is 1.29 bits per heavy atom. The Hall–Kier alpha value is -2.68. The number of carbonyl (C=O) groups excluding carboxylic acids is 1. The molecule has 1 N–H and O–H groups in total. The van der Waals surface area contributed by atoms with E-state index in [1.54, 1.807) is 19.1 Å². The molecule has 2 aromatic rings. The third-order valence-electron chi connectivity index (χ3n) is 3.36. The lowest BCUT2D eigenvalue weighted by atomic mass is 10.4. The number of carbonyl (C=O) groups is 1. The van der Waals surface area contributed by atoms with E-state index >= 15 is 0 Å². The van der Waals surface area contributed by atoms with Gasteiger partial charge in [-0.2, -0.15) is 4.98 Å². The van der Waals surface area contributed by atoms with Gasteiger partial charge in [-0.25, -0.2) is 4.98 Å². The lowest BCUT2D eigenvalue weighted by Gasteiger charge is -2.27. The number of nitrogens with zero attached hydrogens (tertiary/aromatic N) is 4. The molecular weight excluding hydrogens is 314 g/mol. The van der Waals surface area contributed by atoms with E-state index < -0.39 is 0 Å². The molecule has 128 valence electrons. The van der Waals surface area contributed by atoms with Crippen molar-refractivity contribution in [2.75, 3.05) is 43.1 Å². The van der Waals surface area contributed by atoms with E-state index in [0.717, 1.165) is 18.8 Å². The zero-order valence-electron chi connectivity index (χ0n) is 13.6. The predicted molar refractivity (Wildman–Crippen MR) is 85.2 cm³/mol. The third-order valence-corrected chi connectivity index (χ3v) is 3.36. The zero-order chi connectivity index (χ0) is 16.9. The summed E-state index contributed by atoms with van der Waals surface area (Å²) < 4.78 is 15.7. The molecule has 0 aliphatic carbocycles. The Bertz CT molecular complexity index is 712. The van der Waals surface area contributed by atoms with Gasteiger partial charge in [0.05, 0.1) is 13.2 Å². The van der Waals surface area contributed by atoms with Gasteiger partial charge >= 0.3 is 0 Å². The molecule has 1 aliphatic heterocycles. The number of aryl methyl sites for hydroxylation is 2. The lowest BCUT2D eigenvalue weighted by molar-refractivity contribution is -0.118. The number of morpholine rings is 1. The molecule has 24 heavy (non-hydrogen) atoms. The van der Waals surface area contributed by atoms with Crippen molar-refractivity contribution in [3.05, 3.63) is 23.6 Å². The number of hydrogen-bond acceptors (Lipinski definition) is 8. The molecule has 0 spiro atoms. The minimum Gasteiger partial charge on any atom is -0.467 e. The van der Waals surface area contributed by atoms with Gasteiger partial charge in [0, 0.05) is 30.9 Å². The van der Waals surface area contributed by atoms with E-state index in [1.807, 2.05) is 11.8 Å². The average molecular weight is 333 g/mol. The highest BCUT2D eigenvalue weighted by Crippen LogP contribution is 2.16. The van der Waals surface area contributed by atoms with Crippen molar-refractivity contribution in [3.8, 4) is 5.88 Å². The molecule has 0 bridgehead atoms. The molecule has 0 aromatic carbocycles. The van der Waals surface area contributed by atoms with Crippen LogP contribution in [-0.4, -0.2) is 53.9 Å². The fourth-order valence-corrected chi connectivity index (χ4v) is 2.25. The van der Waals surface area contributed by atoms with Crippen molar-refractivity contribution in [1.29, 1.82) is 0 Å². The van der Waals surface area contributed by atoms with Crippen molar-refractivity contribution in [3.63, 3.8) is 0 Å². The van der Waals surface area contributed by atoms with E-state index in [9.17, 15) is 4.79 Å². The lowest BCUT2D eigenvalue weighted by Crippen LogP contribution is -2.37. The molecule has 0 radical (unpaired) electrons. The highest BCUT2D eigenvalue weighted by atomic mass is 16.5. The van der Waals surface area contributed by atoms with Gasteiger partial charge in [-0.1, -0.05) is 5.16 Å². The van der Waals surface area contributed by atoms with Gasteiger partial charge in [-0.15, -0.1) is 0 Å². The number of nitrogens with one attached hydrogen (secondary N) is 1. The van der Waals surface area contributed by atoms with Crippen molar-refractivity contribution in [2.45, 2.75) is 13.8 Å². The van der Waals surface area contributed by atoms with Gasteiger partial charge in [0.15, 0.2) is 12.4 Å². The van der Waals surface area contributed by atoms with Crippen LogP contribution < -0.4 is 15.0 Å².